The highest BCUT2D eigenvalue weighted by molar-refractivity contribution is 5.76. The van der Waals surface area contributed by atoms with Crippen LogP contribution >= 0.6 is 0 Å². The highest BCUT2D eigenvalue weighted by atomic mass is 19.1. The maximum atomic E-state index is 14.1. The summed E-state index contributed by atoms with van der Waals surface area (Å²) in [5.41, 5.74) is -0.412. The quantitative estimate of drug-likeness (QED) is 0.843. The molecule has 5 heteroatoms. The van der Waals surface area contributed by atoms with Gasteiger partial charge in [0.05, 0.1) is 6.61 Å². The first-order chi connectivity index (χ1) is 10.0. The molecule has 1 saturated heterocycles. The van der Waals surface area contributed by atoms with E-state index in [2.05, 4.69) is 9.64 Å². The summed E-state index contributed by atoms with van der Waals surface area (Å²) in [6, 6.07) is 10.0. The van der Waals surface area contributed by atoms with E-state index in [4.69, 9.17) is 0 Å². The molecular formula is C16H22FNO3. The molecule has 0 bridgehead atoms. The summed E-state index contributed by atoms with van der Waals surface area (Å²) in [6.07, 6.45) is -1.49. The third-order valence-corrected chi connectivity index (χ3v) is 3.94. The number of carbonyl (C=O) groups is 1. The minimum Gasteiger partial charge on any atom is -0.464 e. The van der Waals surface area contributed by atoms with Crippen molar-refractivity contribution in [1.29, 1.82) is 0 Å². The number of esters is 1. The number of halogens is 1. The molecule has 1 atom stereocenters. The minimum absolute atomic E-state index is 0.121. The molecule has 0 spiro atoms. The van der Waals surface area contributed by atoms with Crippen LogP contribution in [0.1, 0.15) is 25.3 Å². The van der Waals surface area contributed by atoms with Gasteiger partial charge in [-0.3, -0.25) is 4.90 Å². The summed E-state index contributed by atoms with van der Waals surface area (Å²) < 4.78 is 18.7. The SMILES string of the molecule is CCOC(=O)C(F)C1(O)CCN(Cc2ccccc2)CC1. The van der Waals surface area contributed by atoms with Gasteiger partial charge < -0.3 is 9.84 Å². The lowest BCUT2D eigenvalue weighted by Crippen LogP contribution is -2.52. The summed E-state index contributed by atoms with van der Waals surface area (Å²) >= 11 is 0. The Morgan fingerprint density at radius 1 is 1.38 bits per heavy atom. The van der Waals surface area contributed by atoms with Crippen LogP contribution in [0.2, 0.25) is 0 Å². The number of carbonyl (C=O) groups excluding carboxylic acids is 1. The Kier molecular flexibility index (Phi) is 5.31. The van der Waals surface area contributed by atoms with E-state index in [9.17, 15) is 14.3 Å². The van der Waals surface area contributed by atoms with Crippen molar-refractivity contribution in [2.75, 3.05) is 19.7 Å². The largest absolute Gasteiger partial charge is 0.464 e. The Labute approximate surface area is 124 Å². The fourth-order valence-corrected chi connectivity index (χ4v) is 2.63. The van der Waals surface area contributed by atoms with Crippen LogP contribution in [0.5, 0.6) is 0 Å². The number of hydrogen-bond donors (Lipinski definition) is 1. The van der Waals surface area contributed by atoms with Gasteiger partial charge >= 0.3 is 5.97 Å². The Bertz CT molecular complexity index is 458. The minimum atomic E-state index is -1.96. The molecule has 0 saturated carbocycles. The molecule has 1 N–H and O–H groups in total. The van der Waals surface area contributed by atoms with Crippen LogP contribution < -0.4 is 0 Å². The van der Waals surface area contributed by atoms with Crippen molar-refractivity contribution in [3.05, 3.63) is 35.9 Å². The zero-order valence-corrected chi connectivity index (χ0v) is 12.3. The molecule has 1 fully saturated rings. The van der Waals surface area contributed by atoms with Crippen molar-refractivity contribution in [3.8, 4) is 0 Å². The number of benzene rings is 1. The van der Waals surface area contributed by atoms with Crippen molar-refractivity contribution in [2.45, 2.75) is 38.1 Å². The lowest BCUT2D eigenvalue weighted by atomic mass is 9.86. The molecule has 0 radical (unpaired) electrons. The average Bonchev–Trinajstić information content (AvgIpc) is 2.50. The predicted molar refractivity (Wildman–Crippen MR) is 77.4 cm³/mol. The second-order valence-electron chi connectivity index (χ2n) is 5.48. The van der Waals surface area contributed by atoms with E-state index in [0.29, 0.717) is 13.1 Å². The third-order valence-electron chi connectivity index (χ3n) is 3.94. The van der Waals surface area contributed by atoms with E-state index < -0.39 is 17.7 Å². The zero-order valence-electron chi connectivity index (χ0n) is 12.3. The Morgan fingerprint density at radius 3 is 2.57 bits per heavy atom. The second-order valence-corrected chi connectivity index (χ2v) is 5.48. The molecule has 1 aromatic rings. The molecule has 0 aromatic heterocycles. The topological polar surface area (TPSA) is 49.8 Å². The molecule has 21 heavy (non-hydrogen) atoms. The van der Waals surface area contributed by atoms with E-state index in [0.717, 1.165) is 6.54 Å². The molecule has 116 valence electrons. The van der Waals surface area contributed by atoms with Crippen molar-refractivity contribution in [3.63, 3.8) is 0 Å². The first-order valence-corrected chi connectivity index (χ1v) is 7.34. The van der Waals surface area contributed by atoms with Gasteiger partial charge in [-0.2, -0.15) is 0 Å². The molecule has 2 rings (SSSR count). The Hall–Kier alpha value is -1.46. The number of piperidine rings is 1. The lowest BCUT2D eigenvalue weighted by Gasteiger charge is -2.39. The first kappa shape index (κ1) is 15.9. The number of likely N-dealkylation sites (tertiary alicyclic amines) is 1. The normalized spacial score (nSPS) is 20.0. The van der Waals surface area contributed by atoms with Crippen LogP contribution in [0.15, 0.2) is 30.3 Å². The highest BCUT2D eigenvalue weighted by Crippen LogP contribution is 2.29. The van der Waals surface area contributed by atoms with Gasteiger partial charge in [-0.25, -0.2) is 9.18 Å². The van der Waals surface area contributed by atoms with Crippen molar-refractivity contribution < 1.29 is 19.0 Å². The maximum Gasteiger partial charge on any atom is 0.343 e. The fourth-order valence-electron chi connectivity index (χ4n) is 2.63. The number of alkyl halides is 1. The smallest absolute Gasteiger partial charge is 0.343 e. The van der Waals surface area contributed by atoms with Crippen LogP contribution in [0.3, 0.4) is 0 Å². The van der Waals surface area contributed by atoms with Gasteiger partial charge in [0, 0.05) is 19.6 Å². The summed E-state index contributed by atoms with van der Waals surface area (Å²) in [6.45, 7) is 3.64. The van der Waals surface area contributed by atoms with Crippen molar-refractivity contribution >= 4 is 5.97 Å². The van der Waals surface area contributed by atoms with Crippen LogP contribution in [0.4, 0.5) is 4.39 Å². The third kappa shape index (κ3) is 4.02. The monoisotopic (exact) mass is 295 g/mol. The summed E-state index contributed by atoms with van der Waals surface area (Å²) in [5.74, 6) is -0.962. The van der Waals surface area contributed by atoms with Gasteiger partial charge in [0.2, 0.25) is 6.17 Å². The van der Waals surface area contributed by atoms with Gasteiger partial charge in [-0.05, 0) is 25.3 Å². The second kappa shape index (κ2) is 7.00. The van der Waals surface area contributed by atoms with E-state index in [-0.39, 0.29) is 19.4 Å². The van der Waals surface area contributed by atoms with E-state index in [1.165, 1.54) is 5.56 Å². The van der Waals surface area contributed by atoms with Crippen LogP contribution in [0.25, 0.3) is 0 Å². The van der Waals surface area contributed by atoms with Crippen LogP contribution in [-0.2, 0) is 16.1 Å². The standard InChI is InChI=1S/C16H22FNO3/c1-2-21-15(19)14(17)16(20)8-10-18(11-9-16)12-13-6-4-3-5-7-13/h3-7,14,20H,2,8-12H2,1H3. The molecule has 0 amide bonds. The van der Waals surface area contributed by atoms with E-state index in [1.54, 1.807) is 6.92 Å². The molecule has 1 aliphatic heterocycles. The Morgan fingerprint density at radius 2 is 2.00 bits per heavy atom. The van der Waals surface area contributed by atoms with Crippen LogP contribution in [0, 0.1) is 0 Å². The van der Waals surface area contributed by atoms with E-state index >= 15 is 0 Å². The summed E-state index contributed by atoms with van der Waals surface area (Å²) in [4.78, 5) is 13.6. The molecule has 1 aliphatic rings. The zero-order chi connectivity index (χ0) is 15.3. The Balaban J connectivity index is 1.88. The number of ether oxygens (including phenoxy) is 1. The van der Waals surface area contributed by atoms with Crippen molar-refractivity contribution in [2.24, 2.45) is 0 Å². The molecule has 1 unspecified atom stereocenters. The summed E-state index contributed by atoms with van der Waals surface area (Å²) in [5, 5.41) is 10.3. The van der Waals surface area contributed by atoms with Gasteiger partial charge in [-0.15, -0.1) is 0 Å². The number of aliphatic hydroxyl groups is 1. The highest BCUT2D eigenvalue weighted by Gasteiger charge is 2.45. The average molecular weight is 295 g/mol. The number of hydrogen-bond acceptors (Lipinski definition) is 4. The first-order valence-electron chi connectivity index (χ1n) is 7.34. The van der Waals surface area contributed by atoms with Gasteiger partial charge in [0.15, 0.2) is 0 Å². The van der Waals surface area contributed by atoms with E-state index in [1.807, 2.05) is 30.3 Å². The maximum absolute atomic E-state index is 14.1. The van der Waals surface area contributed by atoms with Crippen molar-refractivity contribution in [1.82, 2.24) is 4.90 Å². The molecule has 1 heterocycles. The van der Waals surface area contributed by atoms with Crippen LogP contribution in [-0.4, -0.2) is 47.4 Å². The summed E-state index contributed by atoms with van der Waals surface area (Å²) in [7, 11) is 0. The lowest BCUT2D eigenvalue weighted by molar-refractivity contribution is -0.164. The molecular weight excluding hydrogens is 273 g/mol. The molecule has 1 aromatic carbocycles. The number of nitrogens with zero attached hydrogens (tertiary/aromatic N) is 1. The van der Waals surface area contributed by atoms with Gasteiger partial charge in [0.1, 0.15) is 5.60 Å². The fraction of sp³-hybridized carbons (Fsp3) is 0.562. The van der Waals surface area contributed by atoms with Gasteiger partial charge in [-0.1, -0.05) is 30.3 Å². The molecule has 4 nitrogen and oxygen atoms in total. The van der Waals surface area contributed by atoms with Gasteiger partial charge in [0.25, 0.3) is 0 Å². The number of rotatable bonds is 5. The predicted octanol–water partition coefficient (Wildman–Crippen LogP) is 1.91. The molecule has 0 aliphatic carbocycles.